The third-order valence-corrected chi connectivity index (χ3v) is 5.37. The van der Waals surface area contributed by atoms with Crippen LogP contribution in [-0.4, -0.2) is 55.3 Å². The van der Waals surface area contributed by atoms with E-state index < -0.39 is 0 Å². The highest BCUT2D eigenvalue weighted by Crippen LogP contribution is 2.27. The van der Waals surface area contributed by atoms with Crippen LogP contribution in [0.15, 0.2) is 36.2 Å². The minimum absolute atomic E-state index is 0.293. The van der Waals surface area contributed by atoms with Crippen molar-refractivity contribution in [2.75, 3.05) is 30.4 Å². The van der Waals surface area contributed by atoms with Gasteiger partial charge in [-0.25, -0.2) is 14.6 Å². The van der Waals surface area contributed by atoms with E-state index in [1.807, 2.05) is 18.2 Å². The molecule has 3 aromatic heterocycles. The van der Waals surface area contributed by atoms with Crippen LogP contribution in [0.25, 0.3) is 0 Å². The average molecular weight is 409 g/mol. The summed E-state index contributed by atoms with van der Waals surface area (Å²) in [6.07, 6.45) is 4.90. The highest BCUT2D eigenvalue weighted by molar-refractivity contribution is 7.14. The number of carbonyl (C=O) groups is 1. The lowest BCUT2D eigenvalue weighted by Gasteiger charge is -2.30. The van der Waals surface area contributed by atoms with E-state index in [9.17, 15) is 4.79 Å². The van der Waals surface area contributed by atoms with Gasteiger partial charge < -0.3 is 5.32 Å². The van der Waals surface area contributed by atoms with E-state index in [4.69, 9.17) is 10.2 Å². The molecule has 2 N–H and O–H groups in total. The van der Waals surface area contributed by atoms with Crippen molar-refractivity contribution in [1.82, 2.24) is 29.7 Å². The Morgan fingerprint density at radius 3 is 3.00 bits per heavy atom. The van der Waals surface area contributed by atoms with Crippen LogP contribution in [0, 0.1) is 11.3 Å². The molecule has 0 aromatic carbocycles. The number of nitrogens with zero attached hydrogens (tertiary/aromatic N) is 7. The summed E-state index contributed by atoms with van der Waals surface area (Å²) < 4.78 is 1.36. The predicted octanol–water partition coefficient (Wildman–Crippen LogP) is 1.96. The summed E-state index contributed by atoms with van der Waals surface area (Å²) in [5.74, 6) is 0.635. The van der Waals surface area contributed by atoms with E-state index in [-0.39, 0.29) is 5.91 Å². The maximum Gasteiger partial charge on any atom is 0.289 e. The zero-order valence-electron chi connectivity index (χ0n) is 15.5. The van der Waals surface area contributed by atoms with Gasteiger partial charge in [-0.2, -0.15) is 5.26 Å². The van der Waals surface area contributed by atoms with Crippen LogP contribution in [0.2, 0.25) is 0 Å². The maximum atomic E-state index is 12.2. The van der Waals surface area contributed by atoms with E-state index in [1.165, 1.54) is 28.7 Å². The molecule has 4 rings (SSSR count). The number of aromatic nitrogens is 5. The molecule has 0 bridgehead atoms. The molecule has 10 nitrogen and oxygen atoms in total. The van der Waals surface area contributed by atoms with Crippen molar-refractivity contribution in [1.29, 1.82) is 5.26 Å². The molecule has 1 fully saturated rings. The highest BCUT2D eigenvalue weighted by atomic mass is 32.1. The molecule has 0 radical (unpaired) electrons. The van der Waals surface area contributed by atoms with Gasteiger partial charge in [0.2, 0.25) is 0 Å². The molecule has 1 aliphatic rings. The van der Waals surface area contributed by atoms with E-state index in [2.05, 4.69) is 36.9 Å². The minimum atomic E-state index is -0.351. The fourth-order valence-electron chi connectivity index (χ4n) is 3.27. The molecule has 1 amide bonds. The van der Waals surface area contributed by atoms with Gasteiger partial charge in [0, 0.05) is 23.5 Å². The number of thiazole rings is 1. The first-order chi connectivity index (χ1) is 14.2. The zero-order valence-corrected chi connectivity index (χ0v) is 16.3. The topological polar surface area (TPSA) is 125 Å². The van der Waals surface area contributed by atoms with Crippen LogP contribution < -0.4 is 10.7 Å². The Kier molecular flexibility index (Phi) is 5.73. The molecule has 0 aliphatic carbocycles. The Hall–Kier alpha value is -3.36. The van der Waals surface area contributed by atoms with E-state index >= 15 is 0 Å². The molecule has 0 spiro atoms. The first kappa shape index (κ1) is 19.0. The van der Waals surface area contributed by atoms with Gasteiger partial charge in [-0.3, -0.25) is 15.1 Å². The Balaban J connectivity index is 1.41. The van der Waals surface area contributed by atoms with Gasteiger partial charge in [-0.15, -0.1) is 21.5 Å². The smallest absolute Gasteiger partial charge is 0.289 e. The number of piperidine rings is 1. The van der Waals surface area contributed by atoms with Crippen molar-refractivity contribution in [3.8, 4) is 6.07 Å². The molecular formula is C18H19N9OS. The first-order valence-electron chi connectivity index (χ1n) is 9.16. The van der Waals surface area contributed by atoms with Crippen molar-refractivity contribution in [2.45, 2.75) is 18.8 Å². The zero-order chi connectivity index (χ0) is 20.1. The van der Waals surface area contributed by atoms with Crippen molar-refractivity contribution < 1.29 is 4.79 Å². The van der Waals surface area contributed by atoms with Gasteiger partial charge in [-0.1, -0.05) is 6.07 Å². The molecule has 1 atom stereocenters. The normalized spacial score (nSPS) is 16.9. The Morgan fingerprint density at radius 2 is 2.17 bits per heavy atom. The standard InChI is InChI=1S/C18H19N9OS/c19-6-8-26-7-2-3-13(9-26)14-4-1-5-16(22-14)24-18-23-15(10-29-18)17(28)25-27-11-20-21-12-27/h1,4-5,10-13H,2-3,7-9H2,(H,25,28)(H,22,23,24)/t13-/m1/s1. The lowest BCUT2D eigenvalue weighted by atomic mass is 9.94. The van der Waals surface area contributed by atoms with Crippen molar-refractivity contribution in [3.05, 3.63) is 47.6 Å². The number of pyridine rings is 1. The van der Waals surface area contributed by atoms with Crippen molar-refractivity contribution >= 4 is 28.2 Å². The number of nitrogens with one attached hydrogen (secondary N) is 2. The second kappa shape index (κ2) is 8.76. The highest BCUT2D eigenvalue weighted by Gasteiger charge is 2.22. The van der Waals surface area contributed by atoms with Gasteiger partial charge in [0.1, 0.15) is 24.2 Å². The molecule has 3 aromatic rings. The average Bonchev–Trinajstić information content (AvgIpc) is 3.41. The molecule has 0 unspecified atom stereocenters. The number of amides is 1. The van der Waals surface area contributed by atoms with Crippen LogP contribution in [0.5, 0.6) is 0 Å². The molecule has 1 aliphatic heterocycles. The summed E-state index contributed by atoms with van der Waals surface area (Å²) in [5, 5.41) is 21.6. The van der Waals surface area contributed by atoms with Gasteiger partial charge in [0.15, 0.2) is 5.13 Å². The fraction of sp³-hybridized carbons (Fsp3) is 0.333. The lowest BCUT2D eigenvalue weighted by Crippen LogP contribution is -2.34. The van der Waals surface area contributed by atoms with Crippen LogP contribution in [0.1, 0.15) is 34.9 Å². The first-order valence-corrected chi connectivity index (χ1v) is 10.0. The summed E-state index contributed by atoms with van der Waals surface area (Å²) in [6.45, 7) is 2.25. The fourth-order valence-corrected chi connectivity index (χ4v) is 3.96. The number of hydrogen-bond donors (Lipinski definition) is 2. The van der Waals surface area contributed by atoms with E-state index in [0.29, 0.717) is 29.1 Å². The number of hydrogen-bond acceptors (Lipinski definition) is 9. The predicted molar refractivity (Wildman–Crippen MR) is 107 cm³/mol. The van der Waals surface area contributed by atoms with E-state index in [0.717, 1.165) is 31.6 Å². The maximum absolute atomic E-state index is 12.2. The van der Waals surface area contributed by atoms with Crippen LogP contribution in [0.4, 0.5) is 10.9 Å². The third kappa shape index (κ3) is 4.74. The van der Waals surface area contributed by atoms with E-state index in [1.54, 1.807) is 5.38 Å². The molecule has 1 saturated heterocycles. The second-order valence-electron chi connectivity index (χ2n) is 6.65. The van der Waals surface area contributed by atoms with Gasteiger partial charge >= 0.3 is 0 Å². The van der Waals surface area contributed by atoms with Crippen molar-refractivity contribution in [3.63, 3.8) is 0 Å². The number of anilines is 2. The molecule has 0 saturated carbocycles. The number of carbonyl (C=O) groups excluding carboxylic acids is 1. The Labute approximate surface area is 171 Å². The van der Waals surface area contributed by atoms with Crippen LogP contribution in [0.3, 0.4) is 0 Å². The van der Waals surface area contributed by atoms with Gasteiger partial charge in [0.05, 0.1) is 12.6 Å². The number of likely N-dealkylation sites (tertiary alicyclic amines) is 1. The summed E-state index contributed by atoms with van der Waals surface area (Å²) in [6, 6.07) is 8.08. The molecule has 11 heteroatoms. The molecule has 29 heavy (non-hydrogen) atoms. The van der Waals surface area contributed by atoms with Gasteiger partial charge in [0.25, 0.3) is 5.91 Å². The number of nitriles is 1. The largest absolute Gasteiger partial charge is 0.316 e. The summed E-state index contributed by atoms with van der Waals surface area (Å²) >= 11 is 1.33. The Morgan fingerprint density at radius 1 is 1.31 bits per heavy atom. The van der Waals surface area contributed by atoms with Crippen molar-refractivity contribution in [2.24, 2.45) is 0 Å². The molecular weight excluding hydrogens is 390 g/mol. The second-order valence-corrected chi connectivity index (χ2v) is 7.51. The SMILES string of the molecule is N#CCN1CCC[C@@H](c2cccc(Nc3nc(C(=O)Nn4cnnc4)cs3)n2)C1. The quantitative estimate of drug-likeness (QED) is 0.592. The van der Waals surface area contributed by atoms with Crippen LogP contribution >= 0.6 is 11.3 Å². The summed E-state index contributed by atoms with van der Waals surface area (Å²) in [4.78, 5) is 23.4. The third-order valence-electron chi connectivity index (χ3n) is 4.61. The minimum Gasteiger partial charge on any atom is -0.316 e. The molecule has 4 heterocycles. The number of rotatable bonds is 6. The van der Waals surface area contributed by atoms with Gasteiger partial charge in [-0.05, 0) is 31.5 Å². The van der Waals surface area contributed by atoms with Crippen LogP contribution in [-0.2, 0) is 0 Å². The monoisotopic (exact) mass is 409 g/mol. The Bertz CT molecular complexity index is 1010. The summed E-state index contributed by atoms with van der Waals surface area (Å²) in [5.41, 5.74) is 3.90. The molecule has 148 valence electrons. The summed E-state index contributed by atoms with van der Waals surface area (Å²) in [7, 11) is 0. The lowest BCUT2D eigenvalue weighted by molar-refractivity contribution is 0.100.